The monoisotopic (exact) mass is 215 g/mol. The fourth-order valence-electron chi connectivity index (χ4n) is 1.13. The summed E-state index contributed by atoms with van der Waals surface area (Å²) in [5, 5.41) is 14.2. The highest BCUT2D eigenvalue weighted by Crippen LogP contribution is 2.08. The lowest BCUT2D eigenvalue weighted by molar-refractivity contribution is -0.385. The molecule has 0 N–H and O–H groups in total. The molecule has 1 aromatic heterocycles. The number of nitro groups is 1. The fourth-order valence-corrected chi connectivity index (χ4v) is 1.36. The zero-order chi connectivity index (χ0) is 10.4. The number of nitrogens with zero attached hydrogens (tertiary/aromatic N) is 3. The van der Waals surface area contributed by atoms with Crippen LogP contribution in [-0.4, -0.2) is 20.5 Å². The number of aromatic nitrogens is 2. The topological polar surface area (TPSA) is 61.0 Å². The summed E-state index contributed by atoms with van der Waals surface area (Å²) < 4.78 is 1.61. The Kier molecular flexibility index (Phi) is 4.45. The molecule has 0 amide bonds. The van der Waals surface area contributed by atoms with Crippen molar-refractivity contribution in [1.29, 1.82) is 0 Å². The van der Waals surface area contributed by atoms with Crippen LogP contribution in [0, 0.1) is 10.1 Å². The molecule has 0 spiro atoms. The van der Waals surface area contributed by atoms with Gasteiger partial charge in [0.2, 0.25) is 0 Å². The maximum Gasteiger partial charge on any atom is 0.306 e. The summed E-state index contributed by atoms with van der Waals surface area (Å²) in [5.41, 5.74) is 0.0548. The van der Waals surface area contributed by atoms with Gasteiger partial charge in [-0.05, 0) is 18.6 Å². The maximum atomic E-state index is 10.3. The van der Waals surface area contributed by atoms with Crippen LogP contribution in [0.15, 0.2) is 12.4 Å². The van der Waals surface area contributed by atoms with Crippen molar-refractivity contribution >= 4 is 18.3 Å². The molecule has 0 fully saturated rings. The highest BCUT2D eigenvalue weighted by atomic mass is 32.1. The summed E-state index contributed by atoms with van der Waals surface area (Å²) in [4.78, 5) is 9.90. The quantitative estimate of drug-likeness (QED) is 0.341. The third kappa shape index (κ3) is 3.37. The van der Waals surface area contributed by atoms with Crippen molar-refractivity contribution in [3.63, 3.8) is 0 Å². The Bertz CT molecular complexity index is 301. The Morgan fingerprint density at radius 3 is 2.86 bits per heavy atom. The summed E-state index contributed by atoms with van der Waals surface area (Å²) in [6, 6.07) is 0. The molecule has 0 aliphatic carbocycles. The summed E-state index contributed by atoms with van der Waals surface area (Å²) in [6.07, 6.45) is 5.88. The van der Waals surface area contributed by atoms with Gasteiger partial charge in [-0.3, -0.25) is 14.8 Å². The summed E-state index contributed by atoms with van der Waals surface area (Å²) in [6.45, 7) is 0.738. The second kappa shape index (κ2) is 5.64. The summed E-state index contributed by atoms with van der Waals surface area (Å²) in [7, 11) is 0. The predicted molar refractivity (Wildman–Crippen MR) is 56.6 cm³/mol. The van der Waals surface area contributed by atoms with E-state index in [1.54, 1.807) is 4.68 Å². The lowest BCUT2D eigenvalue weighted by Crippen LogP contribution is -1.98. The van der Waals surface area contributed by atoms with Gasteiger partial charge in [-0.15, -0.1) is 0 Å². The van der Waals surface area contributed by atoms with E-state index in [9.17, 15) is 10.1 Å². The second-order valence-electron chi connectivity index (χ2n) is 3.00. The number of rotatable bonds is 6. The van der Waals surface area contributed by atoms with Crippen LogP contribution in [0.2, 0.25) is 0 Å². The Labute approximate surface area is 87.7 Å². The number of hydrogen-bond acceptors (Lipinski definition) is 4. The van der Waals surface area contributed by atoms with E-state index in [0.29, 0.717) is 0 Å². The Morgan fingerprint density at radius 2 is 2.29 bits per heavy atom. The van der Waals surface area contributed by atoms with Crippen LogP contribution in [0.5, 0.6) is 0 Å². The van der Waals surface area contributed by atoms with Gasteiger partial charge in [0, 0.05) is 6.54 Å². The van der Waals surface area contributed by atoms with Gasteiger partial charge < -0.3 is 0 Å². The summed E-state index contributed by atoms with van der Waals surface area (Å²) >= 11 is 4.10. The smallest absolute Gasteiger partial charge is 0.266 e. The number of hydrogen-bond donors (Lipinski definition) is 1. The molecule has 1 aromatic rings. The number of aryl methyl sites for hydroxylation is 1. The Balaban J connectivity index is 2.33. The molecule has 1 heterocycles. The highest BCUT2D eigenvalue weighted by Gasteiger charge is 2.07. The van der Waals surface area contributed by atoms with Gasteiger partial charge in [-0.2, -0.15) is 17.7 Å². The van der Waals surface area contributed by atoms with Crippen molar-refractivity contribution in [2.75, 3.05) is 5.75 Å². The van der Waals surface area contributed by atoms with E-state index in [0.717, 1.165) is 31.6 Å². The zero-order valence-electron chi connectivity index (χ0n) is 7.80. The lowest BCUT2D eigenvalue weighted by Gasteiger charge is -1.98. The van der Waals surface area contributed by atoms with Crippen molar-refractivity contribution in [2.24, 2.45) is 0 Å². The molecule has 0 aliphatic rings. The molecule has 6 heteroatoms. The largest absolute Gasteiger partial charge is 0.306 e. The van der Waals surface area contributed by atoms with Crippen LogP contribution >= 0.6 is 12.6 Å². The Morgan fingerprint density at radius 1 is 1.50 bits per heavy atom. The minimum Gasteiger partial charge on any atom is -0.266 e. The molecular weight excluding hydrogens is 202 g/mol. The third-order valence-corrected chi connectivity index (χ3v) is 2.19. The third-order valence-electron chi connectivity index (χ3n) is 1.88. The first-order chi connectivity index (χ1) is 6.74. The zero-order valence-corrected chi connectivity index (χ0v) is 8.69. The first-order valence-corrected chi connectivity index (χ1v) is 5.15. The van der Waals surface area contributed by atoms with Gasteiger partial charge in [0.25, 0.3) is 0 Å². The van der Waals surface area contributed by atoms with E-state index in [4.69, 9.17) is 0 Å². The van der Waals surface area contributed by atoms with E-state index in [-0.39, 0.29) is 5.69 Å². The van der Waals surface area contributed by atoms with Gasteiger partial charge in [-0.25, -0.2) is 0 Å². The van der Waals surface area contributed by atoms with Crippen molar-refractivity contribution in [3.05, 3.63) is 22.5 Å². The van der Waals surface area contributed by atoms with Crippen LogP contribution in [-0.2, 0) is 6.54 Å². The normalized spacial score (nSPS) is 10.4. The van der Waals surface area contributed by atoms with Crippen LogP contribution in [0.3, 0.4) is 0 Å². The van der Waals surface area contributed by atoms with Gasteiger partial charge in [0.1, 0.15) is 12.4 Å². The number of thiol groups is 1. The number of unbranched alkanes of at least 4 members (excludes halogenated alkanes) is 2. The van der Waals surface area contributed by atoms with Gasteiger partial charge in [0.05, 0.1) is 4.92 Å². The minimum absolute atomic E-state index is 0.0548. The molecule has 5 nitrogen and oxygen atoms in total. The van der Waals surface area contributed by atoms with Gasteiger partial charge in [-0.1, -0.05) is 6.42 Å². The lowest BCUT2D eigenvalue weighted by atomic mass is 10.2. The molecule has 0 atom stereocenters. The van der Waals surface area contributed by atoms with E-state index < -0.39 is 4.92 Å². The van der Waals surface area contributed by atoms with Crippen molar-refractivity contribution < 1.29 is 4.92 Å². The Hall–Kier alpha value is -1.04. The average Bonchev–Trinajstić information content (AvgIpc) is 2.61. The van der Waals surface area contributed by atoms with Crippen molar-refractivity contribution in [2.45, 2.75) is 25.8 Å². The highest BCUT2D eigenvalue weighted by molar-refractivity contribution is 7.80. The summed E-state index contributed by atoms with van der Waals surface area (Å²) in [5.74, 6) is 0.888. The molecule has 0 aromatic carbocycles. The predicted octanol–water partition coefficient (Wildman–Crippen LogP) is 1.89. The molecule has 78 valence electrons. The SMILES string of the molecule is O=[N+]([O-])c1cnn(CCCCCS)c1. The maximum absolute atomic E-state index is 10.3. The van der Waals surface area contributed by atoms with Crippen LogP contribution in [0.25, 0.3) is 0 Å². The molecule has 1 rings (SSSR count). The van der Waals surface area contributed by atoms with E-state index in [1.807, 2.05) is 0 Å². The first kappa shape index (κ1) is 11.0. The van der Waals surface area contributed by atoms with Crippen LogP contribution in [0.1, 0.15) is 19.3 Å². The molecule has 0 bridgehead atoms. The van der Waals surface area contributed by atoms with Crippen LogP contribution in [0.4, 0.5) is 5.69 Å². The van der Waals surface area contributed by atoms with E-state index in [2.05, 4.69) is 17.7 Å². The fraction of sp³-hybridized carbons (Fsp3) is 0.625. The standard InChI is InChI=1S/C8H13N3O2S/c12-11(13)8-6-9-10(7-8)4-2-1-3-5-14/h6-7,14H,1-5H2. The average molecular weight is 215 g/mol. The molecule has 0 radical (unpaired) electrons. The molecule has 0 aliphatic heterocycles. The first-order valence-electron chi connectivity index (χ1n) is 4.51. The molecular formula is C8H13N3O2S. The van der Waals surface area contributed by atoms with Crippen LogP contribution < -0.4 is 0 Å². The minimum atomic E-state index is -0.433. The molecule has 0 unspecified atom stereocenters. The van der Waals surface area contributed by atoms with E-state index >= 15 is 0 Å². The molecule has 14 heavy (non-hydrogen) atoms. The van der Waals surface area contributed by atoms with Crippen molar-refractivity contribution in [1.82, 2.24) is 9.78 Å². The molecule has 0 saturated carbocycles. The van der Waals surface area contributed by atoms with Crippen molar-refractivity contribution in [3.8, 4) is 0 Å². The van der Waals surface area contributed by atoms with Gasteiger partial charge in [0.15, 0.2) is 0 Å². The molecule has 0 saturated heterocycles. The van der Waals surface area contributed by atoms with Gasteiger partial charge >= 0.3 is 5.69 Å². The second-order valence-corrected chi connectivity index (χ2v) is 3.45. The van der Waals surface area contributed by atoms with E-state index in [1.165, 1.54) is 12.4 Å².